The Morgan fingerprint density at radius 2 is 1.45 bits per heavy atom. The van der Waals surface area contributed by atoms with Crippen molar-refractivity contribution in [3.8, 4) is 0 Å². The molecule has 0 heterocycles. The summed E-state index contributed by atoms with van der Waals surface area (Å²) in [6, 6.07) is 0. The van der Waals surface area contributed by atoms with E-state index in [2.05, 4.69) is 25.2 Å². The quantitative estimate of drug-likeness (QED) is 0.469. The first-order chi connectivity index (χ1) is 9.77. The van der Waals surface area contributed by atoms with Gasteiger partial charge in [0.1, 0.15) is 0 Å². The van der Waals surface area contributed by atoms with Crippen molar-refractivity contribution in [1.29, 1.82) is 0 Å². The van der Waals surface area contributed by atoms with E-state index in [-0.39, 0.29) is 0 Å². The third kappa shape index (κ3) is 5.21. The molecule has 0 bridgehead atoms. The van der Waals surface area contributed by atoms with Crippen molar-refractivity contribution in [2.75, 3.05) is 6.61 Å². The predicted molar refractivity (Wildman–Crippen MR) is 89.3 cm³/mol. The molecule has 0 aromatic rings. The normalized spacial score (nSPS) is 21.4. The molecule has 0 aliphatic heterocycles. The van der Waals surface area contributed by atoms with Crippen LogP contribution in [0.25, 0.3) is 0 Å². The second-order valence-corrected chi connectivity index (χ2v) is 8.63. The zero-order valence-corrected chi connectivity index (χ0v) is 14.4. The molecule has 0 spiro atoms. The van der Waals surface area contributed by atoms with Crippen LogP contribution in [0.15, 0.2) is 23.3 Å². The Bertz CT molecular complexity index is 315. The van der Waals surface area contributed by atoms with E-state index in [0.717, 1.165) is 6.61 Å². The fourth-order valence-corrected chi connectivity index (χ4v) is 3.91. The smallest absolute Gasteiger partial charge is 0.204 e. The molecule has 20 heavy (non-hydrogen) atoms. The molecular weight excluding hydrogens is 260 g/mol. The molecule has 2 aliphatic carbocycles. The molecule has 0 fully saturated rings. The second-order valence-electron chi connectivity index (χ2n) is 6.53. The van der Waals surface area contributed by atoms with Gasteiger partial charge in [-0.05, 0) is 64.5 Å². The number of rotatable bonds is 5. The average Bonchev–Trinajstić information content (AvgIpc) is 2.83. The van der Waals surface area contributed by atoms with E-state index < -0.39 is 9.04 Å². The van der Waals surface area contributed by atoms with Crippen molar-refractivity contribution in [3.63, 3.8) is 0 Å². The maximum absolute atomic E-state index is 6.11. The van der Waals surface area contributed by atoms with E-state index in [0.29, 0.717) is 5.92 Å². The first-order valence-electron chi connectivity index (χ1n) is 8.58. The summed E-state index contributed by atoms with van der Waals surface area (Å²) in [6.07, 6.45) is 18.6. The van der Waals surface area contributed by atoms with Gasteiger partial charge in [-0.1, -0.05) is 36.1 Å². The molecule has 0 amide bonds. The third-order valence-corrected chi connectivity index (χ3v) is 5.33. The minimum atomic E-state index is -0.577. The van der Waals surface area contributed by atoms with Gasteiger partial charge in [-0.2, -0.15) is 0 Å². The highest BCUT2D eigenvalue weighted by Gasteiger charge is 2.21. The molecule has 0 saturated carbocycles. The minimum absolute atomic E-state index is 0.577. The molecule has 0 aromatic carbocycles. The molecular formula is C18H31OSi. The van der Waals surface area contributed by atoms with E-state index in [4.69, 9.17) is 4.43 Å². The van der Waals surface area contributed by atoms with E-state index in [9.17, 15) is 0 Å². The lowest BCUT2D eigenvalue weighted by atomic mass is 9.86. The van der Waals surface area contributed by atoms with Crippen LogP contribution in [0, 0.1) is 5.92 Å². The lowest BCUT2D eigenvalue weighted by Crippen LogP contribution is -2.20. The van der Waals surface area contributed by atoms with Gasteiger partial charge in [-0.15, -0.1) is 0 Å². The van der Waals surface area contributed by atoms with Crippen LogP contribution in [0.3, 0.4) is 0 Å². The van der Waals surface area contributed by atoms with Gasteiger partial charge in [0, 0.05) is 12.5 Å². The van der Waals surface area contributed by atoms with Crippen LogP contribution in [0.5, 0.6) is 0 Å². The molecule has 0 saturated heterocycles. The predicted octanol–water partition coefficient (Wildman–Crippen LogP) is 5.65. The summed E-state index contributed by atoms with van der Waals surface area (Å²) in [4.78, 5) is 0. The summed E-state index contributed by atoms with van der Waals surface area (Å²) in [5, 5.41) is 0. The van der Waals surface area contributed by atoms with Crippen LogP contribution in [0.2, 0.25) is 13.1 Å². The second kappa shape index (κ2) is 8.84. The number of hydrogen-bond donors (Lipinski definition) is 0. The van der Waals surface area contributed by atoms with Crippen LogP contribution >= 0.6 is 0 Å². The van der Waals surface area contributed by atoms with E-state index in [1.807, 2.05) is 0 Å². The summed E-state index contributed by atoms with van der Waals surface area (Å²) >= 11 is 0. The lowest BCUT2D eigenvalue weighted by Gasteiger charge is -2.24. The standard InChI is InChI=1S/C18H31OSi/c1-20(2)19-15-18(16-11-7-3-4-8-12-16)17-13-9-5-6-10-14-17/h11,13,18H,3-10,12,14-15H2,1-2H3. The summed E-state index contributed by atoms with van der Waals surface area (Å²) in [6.45, 7) is 5.45. The van der Waals surface area contributed by atoms with Crippen LogP contribution in [-0.2, 0) is 4.43 Å². The number of allylic oxidation sites excluding steroid dienone is 2. The largest absolute Gasteiger partial charge is 0.416 e. The van der Waals surface area contributed by atoms with Crippen LogP contribution in [0.1, 0.15) is 64.2 Å². The Morgan fingerprint density at radius 1 is 0.900 bits per heavy atom. The molecule has 0 unspecified atom stereocenters. The van der Waals surface area contributed by atoms with Crippen molar-refractivity contribution >= 4 is 9.04 Å². The van der Waals surface area contributed by atoms with Crippen molar-refractivity contribution in [2.24, 2.45) is 5.92 Å². The van der Waals surface area contributed by atoms with Gasteiger partial charge in [0.25, 0.3) is 0 Å². The fraction of sp³-hybridized carbons (Fsp3) is 0.778. The van der Waals surface area contributed by atoms with E-state index >= 15 is 0 Å². The zero-order valence-electron chi connectivity index (χ0n) is 13.4. The van der Waals surface area contributed by atoms with Crippen LogP contribution in [-0.4, -0.2) is 15.6 Å². The monoisotopic (exact) mass is 291 g/mol. The molecule has 2 heteroatoms. The molecule has 0 N–H and O–H groups in total. The van der Waals surface area contributed by atoms with Crippen LogP contribution in [0.4, 0.5) is 0 Å². The Kier molecular flexibility index (Phi) is 7.08. The molecule has 0 atom stereocenters. The van der Waals surface area contributed by atoms with Gasteiger partial charge in [0.2, 0.25) is 9.04 Å². The van der Waals surface area contributed by atoms with Crippen molar-refractivity contribution in [2.45, 2.75) is 77.3 Å². The molecule has 1 nitrogen and oxygen atoms in total. The van der Waals surface area contributed by atoms with Gasteiger partial charge in [-0.25, -0.2) is 0 Å². The Labute approximate surface area is 127 Å². The highest BCUT2D eigenvalue weighted by atomic mass is 28.3. The van der Waals surface area contributed by atoms with Crippen molar-refractivity contribution < 1.29 is 4.43 Å². The Balaban J connectivity index is 2.09. The Hall–Kier alpha value is -0.343. The highest BCUT2D eigenvalue weighted by Crippen LogP contribution is 2.33. The topological polar surface area (TPSA) is 9.23 Å². The van der Waals surface area contributed by atoms with E-state index in [1.165, 1.54) is 64.2 Å². The molecule has 2 rings (SSSR count). The molecule has 113 valence electrons. The number of hydrogen-bond acceptors (Lipinski definition) is 1. The van der Waals surface area contributed by atoms with Gasteiger partial charge in [0.15, 0.2) is 0 Å². The fourth-order valence-electron chi connectivity index (χ4n) is 3.41. The molecule has 1 radical (unpaired) electrons. The SMILES string of the molecule is C[Si](C)OCC(C1=CCCCCC1)C1=CCCCCC1. The maximum Gasteiger partial charge on any atom is 0.204 e. The lowest BCUT2D eigenvalue weighted by molar-refractivity contribution is 0.287. The van der Waals surface area contributed by atoms with Crippen molar-refractivity contribution in [1.82, 2.24) is 0 Å². The van der Waals surface area contributed by atoms with Gasteiger partial charge < -0.3 is 4.43 Å². The maximum atomic E-state index is 6.11. The van der Waals surface area contributed by atoms with Crippen LogP contribution < -0.4 is 0 Å². The highest BCUT2D eigenvalue weighted by molar-refractivity contribution is 6.48. The van der Waals surface area contributed by atoms with Crippen molar-refractivity contribution in [3.05, 3.63) is 23.3 Å². The summed E-state index contributed by atoms with van der Waals surface area (Å²) in [5.41, 5.74) is 3.39. The summed E-state index contributed by atoms with van der Waals surface area (Å²) < 4.78 is 6.11. The average molecular weight is 292 g/mol. The first-order valence-corrected chi connectivity index (χ1v) is 11.0. The third-order valence-electron chi connectivity index (χ3n) is 4.59. The van der Waals surface area contributed by atoms with Gasteiger partial charge >= 0.3 is 0 Å². The summed E-state index contributed by atoms with van der Waals surface area (Å²) in [5.74, 6) is 0.603. The zero-order chi connectivity index (χ0) is 14.2. The first kappa shape index (κ1) is 16.0. The van der Waals surface area contributed by atoms with Gasteiger partial charge in [-0.3, -0.25) is 0 Å². The molecule has 0 aromatic heterocycles. The summed E-state index contributed by atoms with van der Waals surface area (Å²) in [7, 11) is -0.577. The molecule has 2 aliphatic rings. The van der Waals surface area contributed by atoms with E-state index in [1.54, 1.807) is 11.1 Å². The van der Waals surface area contributed by atoms with Gasteiger partial charge in [0.05, 0.1) is 0 Å². The minimum Gasteiger partial charge on any atom is -0.416 e. The Morgan fingerprint density at radius 3 is 1.95 bits per heavy atom.